The van der Waals surface area contributed by atoms with Gasteiger partial charge in [0.15, 0.2) is 5.96 Å². The van der Waals surface area contributed by atoms with Crippen LogP contribution in [0.3, 0.4) is 0 Å². The van der Waals surface area contributed by atoms with Gasteiger partial charge in [-0.25, -0.2) is 4.99 Å². The molecule has 0 bridgehead atoms. The van der Waals surface area contributed by atoms with Crippen molar-refractivity contribution in [1.82, 2.24) is 30.3 Å². The molecule has 168 valence electrons. The molecule has 3 rings (SSSR count). The highest BCUT2D eigenvalue weighted by Crippen LogP contribution is 2.15. The van der Waals surface area contributed by atoms with Gasteiger partial charge in [0.05, 0.1) is 19.5 Å². The molecule has 30 heavy (non-hydrogen) atoms. The summed E-state index contributed by atoms with van der Waals surface area (Å²) in [5.74, 6) is 2.60. The zero-order chi connectivity index (χ0) is 20.5. The Labute approximate surface area is 195 Å². The second kappa shape index (κ2) is 12.3. The number of aryl methyl sites for hydroxylation is 1. The number of nitrogens with zero attached hydrogens (tertiary/aromatic N) is 5. The van der Waals surface area contributed by atoms with Crippen LogP contribution in [0.5, 0.6) is 0 Å². The molecule has 2 N–H and O–H groups in total. The molecule has 1 saturated heterocycles. The number of furan rings is 1. The van der Waals surface area contributed by atoms with Crippen LogP contribution in [0.4, 0.5) is 0 Å². The third-order valence-corrected chi connectivity index (χ3v) is 5.19. The van der Waals surface area contributed by atoms with Crippen LogP contribution in [-0.2, 0) is 24.2 Å². The first-order chi connectivity index (χ1) is 14.1. The van der Waals surface area contributed by atoms with E-state index in [-0.39, 0.29) is 29.5 Å². The fraction of sp³-hybridized carbons (Fsp3) is 0.650. The molecule has 0 unspecified atom stereocenters. The van der Waals surface area contributed by atoms with E-state index in [4.69, 9.17) is 14.1 Å². The predicted octanol–water partition coefficient (Wildman–Crippen LogP) is 1.90. The molecule has 0 radical (unpaired) electrons. The molecule has 10 heteroatoms. The first kappa shape index (κ1) is 24.6. The van der Waals surface area contributed by atoms with E-state index >= 15 is 0 Å². The van der Waals surface area contributed by atoms with Crippen LogP contribution in [-0.4, -0.2) is 70.6 Å². The van der Waals surface area contributed by atoms with Crippen molar-refractivity contribution in [2.45, 2.75) is 45.8 Å². The van der Waals surface area contributed by atoms with Crippen molar-refractivity contribution < 1.29 is 9.15 Å². The molecule has 0 atom stereocenters. The second-order valence-corrected chi connectivity index (χ2v) is 7.73. The lowest BCUT2D eigenvalue weighted by atomic mass is 10.0. The number of guanidine groups is 1. The SMILES string of the molecule is CCc1nncn1CCNC(=NCc1ccco1)NCC(C)(C)N1CCOCC1.I. The predicted molar refractivity (Wildman–Crippen MR) is 127 cm³/mol. The van der Waals surface area contributed by atoms with Crippen molar-refractivity contribution >= 4 is 29.9 Å². The molecular formula is C20H34IN7O2. The molecule has 2 aromatic rings. The largest absolute Gasteiger partial charge is 0.467 e. The van der Waals surface area contributed by atoms with E-state index in [0.29, 0.717) is 6.54 Å². The molecule has 9 nitrogen and oxygen atoms in total. The molecule has 1 fully saturated rings. The summed E-state index contributed by atoms with van der Waals surface area (Å²) in [6.07, 6.45) is 4.31. The number of ether oxygens (including phenoxy) is 1. The topological polar surface area (TPSA) is 92.7 Å². The standard InChI is InChI=1S/C20H33N7O2.HI/c1-4-18-25-24-16-26(18)8-7-21-19(22-14-17-6-5-11-29-17)23-15-20(2,3)27-9-12-28-13-10-27;/h5-6,11,16H,4,7-10,12-15H2,1-3H3,(H2,21,22,23);1H. The Kier molecular flexibility index (Phi) is 10.1. The number of hydrogen-bond donors (Lipinski definition) is 2. The molecule has 1 aliphatic heterocycles. The maximum atomic E-state index is 5.49. The van der Waals surface area contributed by atoms with Crippen LogP contribution in [0.1, 0.15) is 32.4 Å². The zero-order valence-corrected chi connectivity index (χ0v) is 20.5. The van der Waals surface area contributed by atoms with Crippen molar-refractivity contribution in [2.24, 2.45) is 4.99 Å². The lowest BCUT2D eigenvalue weighted by molar-refractivity contribution is -0.00834. The van der Waals surface area contributed by atoms with Gasteiger partial charge < -0.3 is 24.4 Å². The number of rotatable bonds is 9. The minimum atomic E-state index is 0. The van der Waals surface area contributed by atoms with Crippen LogP contribution < -0.4 is 10.6 Å². The number of nitrogens with one attached hydrogen (secondary N) is 2. The molecule has 1 aliphatic rings. The maximum absolute atomic E-state index is 5.49. The summed E-state index contributed by atoms with van der Waals surface area (Å²) in [6.45, 7) is 12.9. The summed E-state index contributed by atoms with van der Waals surface area (Å²) in [4.78, 5) is 7.15. The number of aromatic nitrogens is 3. The first-order valence-electron chi connectivity index (χ1n) is 10.3. The summed E-state index contributed by atoms with van der Waals surface area (Å²) in [5, 5.41) is 15.1. The Morgan fingerprint density at radius 2 is 2.07 bits per heavy atom. The highest BCUT2D eigenvalue weighted by atomic mass is 127. The van der Waals surface area contributed by atoms with Crippen molar-refractivity contribution in [3.63, 3.8) is 0 Å². The summed E-state index contributed by atoms with van der Waals surface area (Å²) in [6, 6.07) is 3.81. The Bertz CT molecular complexity index is 755. The van der Waals surface area contributed by atoms with Gasteiger partial charge in [0.2, 0.25) is 0 Å². The smallest absolute Gasteiger partial charge is 0.191 e. The van der Waals surface area contributed by atoms with Crippen LogP contribution in [0, 0.1) is 0 Å². The molecule has 0 spiro atoms. The van der Waals surface area contributed by atoms with Gasteiger partial charge in [-0.15, -0.1) is 34.2 Å². The molecule has 0 amide bonds. The highest BCUT2D eigenvalue weighted by Gasteiger charge is 2.28. The van der Waals surface area contributed by atoms with E-state index in [0.717, 1.165) is 69.9 Å². The van der Waals surface area contributed by atoms with Gasteiger partial charge in [-0.1, -0.05) is 6.92 Å². The molecule has 3 heterocycles. The molecule has 0 aromatic carbocycles. The van der Waals surface area contributed by atoms with E-state index in [9.17, 15) is 0 Å². The average Bonchev–Trinajstić information content (AvgIpc) is 3.42. The third-order valence-electron chi connectivity index (χ3n) is 5.19. The van der Waals surface area contributed by atoms with Crippen LogP contribution in [0.25, 0.3) is 0 Å². The van der Waals surface area contributed by atoms with Gasteiger partial charge in [-0.2, -0.15) is 0 Å². The van der Waals surface area contributed by atoms with Crippen molar-refractivity contribution in [3.8, 4) is 0 Å². The van der Waals surface area contributed by atoms with Crippen LogP contribution >= 0.6 is 24.0 Å². The zero-order valence-electron chi connectivity index (χ0n) is 18.1. The lowest BCUT2D eigenvalue weighted by Gasteiger charge is -2.41. The van der Waals surface area contributed by atoms with Gasteiger partial charge in [0.1, 0.15) is 24.5 Å². The average molecular weight is 531 g/mol. The highest BCUT2D eigenvalue weighted by molar-refractivity contribution is 14.0. The van der Waals surface area contributed by atoms with E-state index in [1.807, 2.05) is 12.1 Å². The van der Waals surface area contributed by atoms with E-state index in [1.165, 1.54) is 0 Å². The number of hydrogen-bond acceptors (Lipinski definition) is 6. The van der Waals surface area contributed by atoms with Crippen LogP contribution in [0.15, 0.2) is 34.1 Å². The van der Waals surface area contributed by atoms with Gasteiger partial charge in [0, 0.05) is 44.7 Å². The number of morpholine rings is 1. The van der Waals surface area contributed by atoms with E-state index in [1.54, 1.807) is 12.6 Å². The third kappa shape index (κ3) is 7.24. The first-order valence-corrected chi connectivity index (χ1v) is 10.3. The van der Waals surface area contributed by atoms with Crippen LogP contribution in [0.2, 0.25) is 0 Å². The molecular weight excluding hydrogens is 497 g/mol. The van der Waals surface area contributed by atoms with Gasteiger partial charge in [0.25, 0.3) is 0 Å². The molecule has 0 aliphatic carbocycles. The number of aliphatic imine (C=N–C) groups is 1. The molecule has 2 aromatic heterocycles. The van der Waals surface area contributed by atoms with Crippen molar-refractivity contribution in [1.29, 1.82) is 0 Å². The van der Waals surface area contributed by atoms with Crippen molar-refractivity contribution in [3.05, 3.63) is 36.3 Å². The number of halogens is 1. The second-order valence-electron chi connectivity index (χ2n) is 7.73. The lowest BCUT2D eigenvalue weighted by Crippen LogP contribution is -2.56. The normalized spacial score (nSPS) is 15.6. The van der Waals surface area contributed by atoms with Gasteiger partial charge >= 0.3 is 0 Å². The Morgan fingerprint density at radius 3 is 2.77 bits per heavy atom. The van der Waals surface area contributed by atoms with Gasteiger partial charge in [-0.3, -0.25) is 4.90 Å². The minimum absolute atomic E-state index is 0. The molecule has 0 saturated carbocycles. The van der Waals surface area contributed by atoms with Gasteiger partial charge in [-0.05, 0) is 26.0 Å². The fourth-order valence-corrected chi connectivity index (χ4v) is 3.35. The Hall–Kier alpha value is -1.66. The summed E-state index contributed by atoms with van der Waals surface area (Å²) in [5.41, 5.74) is 0.000556. The Balaban J connectivity index is 0.00000320. The monoisotopic (exact) mass is 531 g/mol. The maximum Gasteiger partial charge on any atom is 0.191 e. The minimum Gasteiger partial charge on any atom is -0.467 e. The summed E-state index contributed by atoms with van der Waals surface area (Å²) >= 11 is 0. The fourth-order valence-electron chi connectivity index (χ4n) is 3.35. The summed E-state index contributed by atoms with van der Waals surface area (Å²) < 4.78 is 13.0. The summed E-state index contributed by atoms with van der Waals surface area (Å²) in [7, 11) is 0. The quantitative estimate of drug-likeness (QED) is 0.290. The Morgan fingerprint density at radius 1 is 1.27 bits per heavy atom. The van der Waals surface area contributed by atoms with Crippen molar-refractivity contribution in [2.75, 3.05) is 39.4 Å². The van der Waals surface area contributed by atoms with E-state index < -0.39 is 0 Å². The van der Waals surface area contributed by atoms with E-state index in [2.05, 4.69) is 51.1 Å².